The van der Waals surface area contributed by atoms with Gasteiger partial charge in [0, 0.05) is 47.0 Å². The Hall–Kier alpha value is -3.52. The van der Waals surface area contributed by atoms with Gasteiger partial charge in [-0.05, 0) is 31.4 Å². The van der Waals surface area contributed by atoms with Crippen molar-refractivity contribution in [2.24, 2.45) is 0 Å². The number of piperazine rings is 1. The van der Waals surface area contributed by atoms with Crippen molar-refractivity contribution in [1.29, 1.82) is 5.26 Å². The van der Waals surface area contributed by atoms with Crippen LogP contribution in [0.5, 0.6) is 28.7 Å². The van der Waals surface area contributed by atoms with Gasteiger partial charge in [0.1, 0.15) is 31.0 Å². The minimum atomic E-state index is -1.88. The Balaban J connectivity index is 1.43. The van der Waals surface area contributed by atoms with Crippen LogP contribution in [0.15, 0.2) is 6.07 Å². The van der Waals surface area contributed by atoms with E-state index in [1.165, 1.54) is 25.8 Å². The van der Waals surface area contributed by atoms with Crippen LogP contribution in [0.3, 0.4) is 0 Å². The molecule has 2 fully saturated rings. The molecule has 2 aromatic rings. The fraction of sp³-hybridized carbons (Fsp3) is 0.515. The molecule has 272 valence electrons. The average molecular weight is 784 g/mol. The number of cyclic esters (lactones) is 1. The molecule has 0 aromatic heterocycles. The van der Waals surface area contributed by atoms with E-state index in [-0.39, 0.29) is 36.7 Å². The van der Waals surface area contributed by atoms with E-state index in [2.05, 4.69) is 16.7 Å². The molecular weight excluding hydrogens is 751 g/mol. The van der Waals surface area contributed by atoms with E-state index < -0.39 is 63.9 Å². The summed E-state index contributed by atoms with van der Waals surface area (Å²) < 4.78 is 32.6. The van der Waals surface area contributed by atoms with Crippen molar-refractivity contribution in [3.8, 4) is 34.8 Å². The Morgan fingerprint density at radius 3 is 2.61 bits per heavy atom. The number of rotatable bonds is 4. The highest BCUT2D eigenvalue weighted by Gasteiger charge is 2.59. The number of amides is 1. The van der Waals surface area contributed by atoms with Crippen molar-refractivity contribution in [3.05, 3.63) is 39.4 Å². The number of phenols is 1. The number of thioether (sulfide) groups is 1. The largest absolute Gasteiger partial charge is 0.504 e. The number of benzene rings is 2. The number of ether oxygens (including phenoxy) is 6. The smallest absolute Gasteiger partial charge is 0.408 e. The van der Waals surface area contributed by atoms with Crippen molar-refractivity contribution in [1.82, 2.24) is 15.5 Å². The summed E-state index contributed by atoms with van der Waals surface area (Å²) in [4.78, 5) is 41.1. The van der Waals surface area contributed by atoms with Gasteiger partial charge in [-0.1, -0.05) is 40.9 Å². The highest BCUT2D eigenvalue weighted by Crippen LogP contribution is 2.62. The number of alkyl halides is 3. The minimum absolute atomic E-state index is 0.0262. The molecule has 3 N–H and O–H groups in total. The summed E-state index contributed by atoms with van der Waals surface area (Å²) in [5.74, 6) is -0.0637. The molecule has 0 radical (unpaired) electrons. The normalized spacial score (nSPS) is 27.6. The number of fused-ring (bicyclic) bond motifs is 9. The molecule has 2 aromatic carbocycles. The van der Waals surface area contributed by atoms with Gasteiger partial charge < -0.3 is 44.2 Å². The first kappa shape index (κ1) is 35.9. The van der Waals surface area contributed by atoms with Crippen LogP contribution >= 0.6 is 46.6 Å². The molecule has 0 saturated carbocycles. The second kappa shape index (κ2) is 13.5. The molecule has 0 aliphatic carbocycles. The average Bonchev–Trinajstić information content (AvgIpc) is 3.56. The van der Waals surface area contributed by atoms with Gasteiger partial charge in [-0.15, -0.1) is 11.8 Å². The number of nitriles is 1. The Bertz CT molecular complexity index is 1870. The van der Waals surface area contributed by atoms with Crippen LogP contribution in [-0.4, -0.2) is 88.9 Å². The van der Waals surface area contributed by atoms with Crippen LogP contribution < -0.4 is 29.6 Å². The molecular formula is C33H33Cl3N4O10S. The van der Waals surface area contributed by atoms with Crippen LogP contribution in [0.2, 0.25) is 0 Å². The molecule has 5 heterocycles. The Morgan fingerprint density at radius 2 is 1.92 bits per heavy atom. The van der Waals surface area contributed by atoms with Crippen LogP contribution in [0.4, 0.5) is 4.79 Å². The summed E-state index contributed by atoms with van der Waals surface area (Å²) in [6.45, 7) is 3.95. The van der Waals surface area contributed by atoms with Gasteiger partial charge in [0.2, 0.25) is 10.6 Å². The first-order valence-electron chi connectivity index (χ1n) is 16.0. The summed E-state index contributed by atoms with van der Waals surface area (Å²) >= 11 is 18.5. The summed E-state index contributed by atoms with van der Waals surface area (Å²) in [7, 11) is 1.49. The van der Waals surface area contributed by atoms with Gasteiger partial charge in [0.25, 0.3) is 0 Å². The van der Waals surface area contributed by atoms with Gasteiger partial charge in [-0.3, -0.25) is 9.69 Å². The van der Waals surface area contributed by atoms with Gasteiger partial charge >= 0.3 is 18.0 Å². The van der Waals surface area contributed by atoms with Crippen molar-refractivity contribution in [2.75, 3.05) is 32.9 Å². The third-order valence-electron chi connectivity index (χ3n) is 9.81. The zero-order valence-corrected chi connectivity index (χ0v) is 30.8. The van der Waals surface area contributed by atoms with Crippen molar-refractivity contribution in [2.45, 2.75) is 72.5 Å². The number of aromatic hydroxyl groups is 1. The molecule has 7 rings (SSSR count). The van der Waals surface area contributed by atoms with Crippen molar-refractivity contribution < 1.29 is 47.9 Å². The fourth-order valence-electron chi connectivity index (χ4n) is 8.00. The number of carbonyl (C=O) groups excluding carboxylic acids is 3. The predicted molar refractivity (Wildman–Crippen MR) is 184 cm³/mol. The van der Waals surface area contributed by atoms with E-state index in [0.29, 0.717) is 45.9 Å². The number of esters is 2. The highest BCUT2D eigenvalue weighted by atomic mass is 35.6. The summed E-state index contributed by atoms with van der Waals surface area (Å²) in [6.07, 6.45) is -0.580. The number of nitrogens with one attached hydrogen (secondary N) is 2. The molecule has 5 aliphatic rings. The standard InChI is InChI=1S/C33H33Cl3N4O10S/c1-12-5-15-6-16-18(7-37)40-19-8-46-31(43)17(39-32(44)47-10-33(34,35)36)9-51-30(24(40)23(38-16)20(15)25(42)26(12)45-4)22-21(19)29-28(48-11-49-29)13(2)27(22)50-14(3)41/h5,16-19,23-24,30,38,42H,6,8-11H2,1-4H3,(H,39,44)/t16-,17?,18-,19-,23-,24?,30+/m0/s1. The molecule has 2 saturated heterocycles. The lowest BCUT2D eigenvalue weighted by atomic mass is 9.72. The van der Waals surface area contributed by atoms with E-state index in [0.717, 1.165) is 11.1 Å². The molecule has 51 heavy (non-hydrogen) atoms. The number of carbonyl (C=O) groups is 3. The molecule has 18 heteroatoms. The van der Waals surface area contributed by atoms with E-state index in [4.69, 9.17) is 63.2 Å². The van der Waals surface area contributed by atoms with Crippen LogP contribution in [-0.2, 0) is 25.5 Å². The third kappa shape index (κ3) is 6.13. The van der Waals surface area contributed by atoms with E-state index >= 15 is 0 Å². The van der Waals surface area contributed by atoms with E-state index in [1.807, 2.05) is 17.9 Å². The maximum Gasteiger partial charge on any atom is 0.408 e. The molecule has 0 spiro atoms. The van der Waals surface area contributed by atoms with Crippen LogP contribution in [0, 0.1) is 25.2 Å². The van der Waals surface area contributed by atoms with Gasteiger partial charge in [-0.25, -0.2) is 9.59 Å². The zero-order chi connectivity index (χ0) is 36.5. The van der Waals surface area contributed by atoms with E-state index in [9.17, 15) is 24.8 Å². The summed E-state index contributed by atoms with van der Waals surface area (Å²) in [5.41, 5.74) is 3.89. The number of hydrogen-bond acceptors (Lipinski definition) is 14. The quantitative estimate of drug-likeness (QED) is 0.227. The number of nitrogens with zero attached hydrogens (tertiary/aromatic N) is 2. The molecule has 1 amide bonds. The number of hydrogen-bond donors (Lipinski definition) is 3. The van der Waals surface area contributed by atoms with Gasteiger partial charge in [-0.2, -0.15) is 5.26 Å². The summed E-state index contributed by atoms with van der Waals surface area (Å²) in [5, 5.41) is 28.1. The monoisotopic (exact) mass is 782 g/mol. The molecule has 5 aliphatic heterocycles. The van der Waals surface area contributed by atoms with Crippen LogP contribution in [0.25, 0.3) is 0 Å². The number of aryl methyl sites for hydroxylation is 1. The van der Waals surface area contributed by atoms with E-state index in [1.54, 1.807) is 6.92 Å². The van der Waals surface area contributed by atoms with Crippen LogP contribution in [0.1, 0.15) is 57.6 Å². The second-order valence-electron chi connectivity index (χ2n) is 12.8. The Kier molecular flexibility index (Phi) is 9.47. The molecule has 7 atom stereocenters. The summed E-state index contributed by atoms with van der Waals surface area (Å²) in [6, 6.07) is 0.107. The van der Waals surface area contributed by atoms with Gasteiger partial charge in [0.15, 0.2) is 23.0 Å². The topological polar surface area (TPSA) is 178 Å². The number of methoxy groups -OCH3 is 1. The van der Waals surface area contributed by atoms with Crippen molar-refractivity contribution >= 4 is 64.6 Å². The first-order chi connectivity index (χ1) is 24.2. The SMILES string of the molecule is COc1c(C)cc2c(c1O)[C@@H]1N[C@@H](C2)[C@H](C#N)N2C1[C@@H]1SCC(NC(=O)OCC(Cl)(Cl)Cl)C(=O)OC[C@H]2c2c3c(c(C)c(OC(C)=O)c21)OCO3. The second-order valence-corrected chi connectivity index (χ2v) is 16.5. The number of phenolic OH excluding ortho intramolecular Hbond substituents is 1. The Morgan fingerprint density at radius 1 is 1.18 bits per heavy atom. The predicted octanol–water partition coefficient (Wildman–Crippen LogP) is 4.35. The third-order valence-corrected chi connectivity index (χ3v) is 11.5. The van der Waals surface area contributed by atoms with Gasteiger partial charge in [0.05, 0.1) is 30.5 Å². The minimum Gasteiger partial charge on any atom is -0.504 e. The number of halogens is 3. The maximum absolute atomic E-state index is 13.6. The molecule has 4 bridgehead atoms. The zero-order valence-electron chi connectivity index (χ0n) is 27.7. The lowest BCUT2D eigenvalue weighted by Gasteiger charge is -2.59. The first-order valence-corrected chi connectivity index (χ1v) is 18.2. The lowest BCUT2D eigenvalue weighted by Crippen LogP contribution is -2.69. The molecule has 14 nitrogen and oxygen atoms in total. The number of alkyl carbamates (subject to hydrolysis) is 1. The lowest BCUT2D eigenvalue weighted by molar-refractivity contribution is -0.149. The maximum atomic E-state index is 13.6. The fourth-order valence-corrected chi connectivity index (χ4v) is 9.68. The van der Waals surface area contributed by atoms with Crippen molar-refractivity contribution in [3.63, 3.8) is 0 Å². The highest BCUT2D eigenvalue weighted by molar-refractivity contribution is 7.99. The Labute approximate surface area is 311 Å². The molecule has 2 unspecified atom stereocenters.